The molecule has 0 amide bonds. The van der Waals surface area contributed by atoms with Gasteiger partial charge in [0.1, 0.15) is 24.0 Å². The zero-order valence-electron chi connectivity index (χ0n) is 12.1. The zero-order valence-corrected chi connectivity index (χ0v) is 12.1. The Morgan fingerprint density at radius 3 is 2.43 bits per heavy atom. The quantitative estimate of drug-likeness (QED) is 0.656. The predicted molar refractivity (Wildman–Crippen MR) is 82.5 cm³/mol. The molecule has 4 nitrogen and oxygen atoms in total. The van der Waals surface area contributed by atoms with Crippen LogP contribution < -0.4 is 15.4 Å². The molecule has 5 heteroatoms. The number of nitrogen functional groups attached to an aromatic ring is 1. The van der Waals surface area contributed by atoms with Gasteiger partial charge in [0.15, 0.2) is 0 Å². The first-order valence-corrected chi connectivity index (χ1v) is 6.51. The third-order valence-electron chi connectivity index (χ3n) is 3.09. The van der Waals surface area contributed by atoms with Gasteiger partial charge in [-0.3, -0.25) is 5.41 Å². The minimum absolute atomic E-state index is 0.00223. The molecule has 2 aromatic carbocycles. The Kier molecular flexibility index (Phi) is 4.42. The minimum Gasteiger partial charge on any atom is -0.488 e. The monoisotopic (exact) mass is 287 g/mol. The van der Waals surface area contributed by atoms with Gasteiger partial charge in [-0.05, 0) is 29.8 Å². The number of rotatable bonds is 5. The second-order valence-corrected chi connectivity index (χ2v) is 4.88. The number of nitrogens with zero attached hydrogens (tertiary/aromatic N) is 1. The van der Waals surface area contributed by atoms with Crippen LogP contribution in [0, 0.1) is 11.2 Å². The number of ether oxygens (including phenoxy) is 1. The van der Waals surface area contributed by atoms with Crippen molar-refractivity contribution in [3.05, 3.63) is 59.4 Å². The Bertz CT molecular complexity index is 638. The van der Waals surface area contributed by atoms with Crippen molar-refractivity contribution in [2.45, 2.75) is 6.61 Å². The highest BCUT2D eigenvalue weighted by Gasteiger charge is 2.12. The van der Waals surface area contributed by atoms with Crippen molar-refractivity contribution in [3.63, 3.8) is 0 Å². The van der Waals surface area contributed by atoms with E-state index in [9.17, 15) is 4.39 Å². The molecule has 0 unspecified atom stereocenters. The van der Waals surface area contributed by atoms with Crippen LogP contribution in [0.15, 0.2) is 42.5 Å². The van der Waals surface area contributed by atoms with Crippen molar-refractivity contribution in [1.82, 2.24) is 0 Å². The van der Waals surface area contributed by atoms with E-state index in [2.05, 4.69) is 0 Å². The summed E-state index contributed by atoms with van der Waals surface area (Å²) in [4.78, 5) is 2.01. The number of nitrogens with one attached hydrogen (secondary N) is 1. The first kappa shape index (κ1) is 14.8. The van der Waals surface area contributed by atoms with Crippen molar-refractivity contribution < 1.29 is 9.13 Å². The Labute approximate surface area is 123 Å². The largest absolute Gasteiger partial charge is 0.488 e. The zero-order chi connectivity index (χ0) is 15.4. The van der Waals surface area contributed by atoms with E-state index in [-0.39, 0.29) is 23.8 Å². The van der Waals surface area contributed by atoms with E-state index in [1.54, 1.807) is 6.07 Å². The summed E-state index contributed by atoms with van der Waals surface area (Å²) in [6.07, 6.45) is 0. The first-order chi connectivity index (χ1) is 9.99. The second-order valence-electron chi connectivity index (χ2n) is 4.88. The summed E-state index contributed by atoms with van der Waals surface area (Å²) in [5, 5.41) is 7.43. The van der Waals surface area contributed by atoms with Gasteiger partial charge in [0.2, 0.25) is 0 Å². The van der Waals surface area contributed by atoms with E-state index < -0.39 is 5.82 Å². The van der Waals surface area contributed by atoms with Crippen LogP contribution in [0.5, 0.6) is 5.75 Å². The average molecular weight is 287 g/mol. The lowest BCUT2D eigenvalue weighted by Crippen LogP contribution is -2.15. The van der Waals surface area contributed by atoms with Gasteiger partial charge in [-0.15, -0.1) is 0 Å². The highest BCUT2D eigenvalue weighted by molar-refractivity contribution is 5.97. The number of halogens is 1. The van der Waals surface area contributed by atoms with Crippen LogP contribution in [-0.4, -0.2) is 19.9 Å². The molecule has 110 valence electrons. The number of hydrogen-bond donors (Lipinski definition) is 2. The molecule has 3 N–H and O–H groups in total. The molecule has 0 bridgehead atoms. The summed E-state index contributed by atoms with van der Waals surface area (Å²) in [7, 11) is 3.94. The van der Waals surface area contributed by atoms with Crippen molar-refractivity contribution in [1.29, 1.82) is 5.41 Å². The maximum atomic E-state index is 13.7. The highest BCUT2D eigenvalue weighted by atomic mass is 19.1. The van der Waals surface area contributed by atoms with Crippen LogP contribution in [0.3, 0.4) is 0 Å². The van der Waals surface area contributed by atoms with Crippen LogP contribution in [0.4, 0.5) is 10.1 Å². The van der Waals surface area contributed by atoms with E-state index in [0.717, 1.165) is 11.3 Å². The molecule has 0 spiro atoms. The van der Waals surface area contributed by atoms with Crippen molar-refractivity contribution in [2.75, 3.05) is 19.0 Å². The van der Waals surface area contributed by atoms with Crippen molar-refractivity contribution in [2.24, 2.45) is 5.73 Å². The third kappa shape index (κ3) is 3.51. The van der Waals surface area contributed by atoms with E-state index in [0.29, 0.717) is 0 Å². The lowest BCUT2D eigenvalue weighted by Gasteiger charge is -2.14. The van der Waals surface area contributed by atoms with E-state index in [4.69, 9.17) is 15.9 Å². The number of amidine groups is 1. The lowest BCUT2D eigenvalue weighted by molar-refractivity contribution is 0.304. The van der Waals surface area contributed by atoms with E-state index >= 15 is 0 Å². The fourth-order valence-electron chi connectivity index (χ4n) is 1.94. The average Bonchev–Trinajstić information content (AvgIpc) is 2.45. The Morgan fingerprint density at radius 2 is 1.86 bits per heavy atom. The fraction of sp³-hybridized carbons (Fsp3) is 0.188. The maximum absolute atomic E-state index is 13.7. The maximum Gasteiger partial charge on any atom is 0.137 e. The van der Waals surface area contributed by atoms with Crippen molar-refractivity contribution >= 4 is 11.5 Å². The van der Waals surface area contributed by atoms with E-state index in [1.807, 2.05) is 43.3 Å². The van der Waals surface area contributed by atoms with E-state index in [1.165, 1.54) is 12.1 Å². The van der Waals surface area contributed by atoms with Gasteiger partial charge in [0.05, 0.1) is 5.56 Å². The molecule has 2 rings (SSSR count). The molecule has 0 aromatic heterocycles. The number of benzene rings is 2. The third-order valence-corrected chi connectivity index (χ3v) is 3.09. The molecule has 0 aliphatic heterocycles. The van der Waals surface area contributed by atoms with Gasteiger partial charge in [0, 0.05) is 19.8 Å². The van der Waals surface area contributed by atoms with Crippen LogP contribution in [0.2, 0.25) is 0 Å². The smallest absolute Gasteiger partial charge is 0.137 e. The molecule has 2 aromatic rings. The summed E-state index contributed by atoms with van der Waals surface area (Å²) in [5.41, 5.74) is 7.45. The molecular formula is C16H18FN3O. The summed E-state index contributed by atoms with van der Waals surface area (Å²) < 4.78 is 19.3. The standard InChI is InChI=1S/C16H18FN3O/c1-20(2)12-8-6-11(7-9-12)10-21-14-5-3-4-13(17)15(14)16(18)19/h3-9H,10H2,1-2H3,(H3,18,19). The Morgan fingerprint density at radius 1 is 1.19 bits per heavy atom. The Balaban J connectivity index is 2.13. The van der Waals surface area contributed by atoms with Crippen molar-refractivity contribution in [3.8, 4) is 5.75 Å². The molecule has 0 atom stereocenters. The van der Waals surface area contributed by atoms with Crippen LogP contribution in [0.25, 0.3) is 0 Å². The molecule has 0 radical (unpaired) electrons. The first-order valence-electron chi connectivity index (χ1n) is 6.51. The van der Waals surface area contributed by atoms with Gasteiger partial charge < -0.3 is 15.4 Å². The predicted octanol–water partition coefficient (Wildman–Crippen LogP) is 2.75. The van der Waals surface area contributed by atoms with Crippen LogP contribution in [-0.2, 0) is 6.61 Å². The van der Waals surface area contributed by atoms with Crippen LogP contribution in [0.1, 0.15) is 11.1 Å². The molecule has 0 aliphatic carbocycles. The lowest BCUT2D eigenvalue weighted by atomic mass is 10.1. The molecule has 0 heterocycles. The van der Waals surface area contributed by atoms with Gasteiger partial charge in [-0.25, -0.2) is 4.39 Å². The molecule has 21 heavy (non-hydrogen) atoms. The fourth-order valence-corrected chi connectivity index (χ4v) is 1.94. The van der Waals surface area contributed by atoms with Gasteiger partial charge >= 0.3 is 0 Å². The number of nitrogens with two attached hydrogens (primary N) is 1. The summed E-state index contributed by atoms with van der Waals surface area (Å²) in [5.74, 6) is -0.617. The van der Waals surface area contributed by atoms with Gasteiger partial charge in [-0.2, -0.15) is 0 Å². The Hall–Kier alpha value is -2.56. The molecular weight excluding hydrogens is 269 g/mol. The number of anilines is 1. The second kappa shape index (κ2) is 6.26. The molecule has 0 saturated carbocycles. The summed E-state index contributed by atoms with van der Waals surface area (Å²) >= 11 is 0. The highest BCUT2D eigenvalue weighted by Crippen LogP contribution is 2.22. The SMILES string of the molecule is CN(C)c1ccc(COc2cccc(F)c2C(=N)N)cc1. The van der Waals surface area contributed by atoms with Crippen LogP contribution >= 0.6 is 0 Å². The summed E-state index contributed by atoms with van der Waals surface area (Å²) in [6, 6.07) is 12.3. The number of hydrogen-bond acceptors (Lipinski definition) is 3. The topological polar surface area (TPSA) is 62.3 Å². The van der Waals surface area contributed by atoms with Gasteiger partial charge in [-0.1, -0.05) is 18.2 Å². The van der Waals surface area contributed by atoms with Gasteiger partial charge in [0.25, 0.3) is 0 Å². The molecule has 0 saturated heterocycles. The minimum atomic E-state index is -0.553. The summed E-state index contributed by atoms with van der Waals surface area (Å²) in [6.45, 7) is 0.289. The molecule has 0 aliphatic rings. The normalized spacial score (nSPS) is 10.2. The molecule has 0 fully saturated rings.